The van der Waals surface area contributed by atoms with Crippen molar-refractivity contribution in [2.45, 2.75) is 39.5 Å². The van der Waals surface area contributed by atoms with Gasteiger partial charge in [-0.15, -0.1) is 0 Å². The highest BCUT2D eigenvalue weighted by Crippen LogP contribution is 2.34. The fraction of sp³-hybridized carbons (Fsp3) is 0.240. The van der Waals surface area contributed by atoms with Crippen LogP contribution in [0.2, 0.25) is 5.02 Å². The van der Waals surface area contributed by atoms with Crippen LogP contribution in [0.3, 0.4) is 0 Å². The van der Waals surface area contributed by atoms with Crippen LogP contribution in [0.5, 0.6) is 0 Å². The lowest BCUT2D eigenvalue weighted by atomic mass is 9.81. The van der Waals surface area contributed by atoms with Crippen molar-refractivity contribution in [3.63, 3.8) is 0 Å². The first-order chi connectivity index (χ1) is 15.4. The number of anilines is 2. The van der Waals surface area contributed by atoms with Crippen molar-refractivity contribution in [1.82, 2.24) is 19.9 Å². The van der Waals surface area contributed by atoms with Crippen LogP contribution in [0.1, 0.15) is 50.9 Å². The predicted molar refractivity (Wildman–Crippen MR) is 126 cm³/mol. The Hall–Kier alpha value is -3.38. The molecule has 1 atom stereocenters. The molecule has 0 saturated heterocycles. The van der Waals surface area contributed by atoms with Crippen LogP contribution in [0.4, 0.5) is 11.9 Å². The Morgan fingerprint density at radius 3 is 2.50 bits per heavy atom. The molecular formula is C25H22ClN5O. The fourth-order valence-corrected chi connectivity index (χ4v) is 4.58. The molecule has 0 aliphatic heterocycles. The van der Waals surface area contributed by atoms with Gasteiger partial charge in [0.15, 0.2) is 5.78 Å². The van der Waals surface area contributed by atoms with E-state index in [0.717, 1.165) is 33.4 Å². The quantitative estimate of drug-likeness (QED) is 0.440. The molecule has 2 aromatic carbocycles. The Kier molecular flexibility index (Phi) is 5.10. The van der Waals surface area contributed by atoms with Gasteiger partial charge in [0.2, 0.25) is 11.9 Å². The van der Waals surface area contributed by atoms with Crippen molar-refractivity contribution in [2.24, 2.45) is 0 Å². The minimum Gasteiger partial charge on any atom is -0.294 e. The molecule has 0 bridgehead atoms. The lowest BCUT2D eigenvalue weighted by Crippen LogP contribution is -2.23. The highest BCUT2D eigenvalue weighted by atomic mass is 35.5. The van der Waals surface area contributed by atoms with E-state index in [1.165, 1.54) is 0 Å². The lowest BCUT2D eigenvalue weighted by molar-refractivity contribution is 0.0962. The van der Waals surface area contributed by atoms with Crippen LogP contribution in [-0.2, 0) is 6.42 Å². The van der Waals surface area contributed by atoms with E-state index >= 15 is 0 Å². The van der Waals surface area contributed by atoms with E-state index in [-0.39, 0.29) is 11.7 Å². The zero-order valence-corrected chi connectivity index (χ0v) is 18.9. The van der Waals surface area contributed by atoms with Gasteiger partial charge in [-0.2, -0.15) is 0 Å². The number of halogens is 1. The van der Waals surface area contributed by atoms with Gasteiger partial charge < -0.3 is 0 Å². The van der Waals surface area contributed by atoms with Crippen molar-refractivity contribution in [1.29, 1.82) is 0 Å². The number of fused-ring (bicyclic) bond motifs is 2. The van der Waals surface area contributed by atoms with E-state index in [1.807, 2.05) is 57.2 Å². The van der Waals surface area contributed by atoms with Crippen LogP contribution in [0, 0.1) is 20.8 Å². The number of aryl methyl sites for hydroxylation is 3. The Labute approximate surface area is 191 Å². The van der Waals surface area contributed by atoms with Crippen LogP contribution in [-0.4, -0.2) is 25.7 Å². The number of nitrogens with zero attached hydrogens (tertiary/aromatic N) is 4. The molecule has 0 fully saturated rings. The molecule has 1 aliphatic carbocycles. The summed E-state index contributed by atoms with van der Waals surface area (Å²) in [6, 6.07) is 13.8. The molecule has 0 saturated carbocycles. The number of rotatable bonds is 3. The average Bonchev–Trinajstić information content (AvgIpc) is 2.74. The molecule has 1 aliphatic rings. The highest BCUT2D eigenvalue weighted by Gasteiger charge is 2.30. The summed E-state index contributed by atoms with van der Waals surface area (Å²) in [6.07, 6.45) is 1.08. The van der Waals surface area contributed by atoms with Crippen LogP contribution in [0.15, 0.2) is 42.5 Å². The summed E-state index contributed by atoms with van der Waals surface area (Å²) in [5, 5.41) is 4.83. The first-order valence-corrected chi connectivity index (χ1v) is 10.9. The molecule has 0 radical (unpaired) electrons. The van der Waals surface area contributed by atoms with E-state index in [4.69, 9.17) is 11.6 Å². The van der Waals surface area contributed by atoms with E-state index < -0.39 is 0 Å². The molecule has 160 valence electrons. The van der Waals surface area contributed by atoms with Gasteiger partial charge in [0.05, 0.1) is 28.2 Å². The van der Waals surface area contributed by atoms with Gasteiger partial charge in [0.1, 0.15) is 0 Å². The molecule has 32 heavy (non-hydrogen) atoms. The third kappa shape index (κ3) is 3.82. The van der Waals surface area contributed by atoms with Gasteiger partial charge in [-0.25, -0.2) is 19.9 Å². The Morgan fingerprint density at radius 1 is 0.906 bits per heavy atom. The van der Waals surface area contributed by atoms with Crippen LogP contribution in [0.25, 0.3) is 10.9 Å². The van der Waals surface area contributed by atoms with Gasteiger partial charge in [-0.1, -0.05) is 35.4 Å². The largest absolute Gasteiger partial charge is 0.294 e. The van der Waals surface area contributed by atoms with Crippen molar-refractivity contribution in [2.75, 3.05) is 5.32 Å². The highest BCUT2D eigenvalue weighted by molar-refractivity contribution is 6.30. The number of ketones is 1. The van der Waals surface area contributed by atoms with E-state index in [9.17, 15) is 4.79 Å². The minimum absolute atomic E-state index is 0.0400. The molecule has 0 amide bonds. The normalized spacial score (nSPS) is 15.6. The SMILES string of the molecule is Cc1ccc2nc(Nc3nc(C)c4c(n3)CC(c3cccc(Cl)c3)CC4=O)nc(C)c2c1. The molecule has 0 spiro atoms. The summed E-state index contributed by atoms with van der Waals surface area (Å²) in [5.41, 5.74) is 5.99. The monoisotopic (exact) mass is 443 g/mol. The second-order valence-corrected chi connectivity index (χ2v) is 8.75. The number of benzene rings is 2. The summed E-state index contributed by atoms with van der Waals surface area (Å²) in [4.78, 5) is 31.3. The molecule has 1 N–H and O–H groups in total. The number of aromatic nitrogens is 4. The molecular weight excluding hydrogens is 422 g/mol. The Balaban J connectivity index is 1.49. The standard InChI is InChI=1S/C25H22ClN5O/c1-13-7-8-20-19(9-13)14(2)27-24(29-20)31-25-28-15(3)23-21(30-25)11-17(12-22(23)32)16-5-4-6-18(26)10-16/h4-10,17H,11-12H2,1-3H3,(H,27,28,29,30,31). The van der Waals surface area contributed by atoms with Crippen molar-refractivity contribution in [3.05, 3.63) is 81.3 Å². The Bertz CT molecular complexity index is 1380. The smallest absolute Gasteiger partial charge is 0.230 e. The second-order valence-electron chi connectivity index (χ2n) is 8.32. The van der Waals surface area contributed by atoms with Gasteiger partial charge in [-0.05, 0) is 62.9 Å². The summed E-state index contributed by atoms with van der Waals surface area (Å²) in [7, 11) is 0. The predicted octanol–water partition coefficient (Wildman–Crippen LogP) is 5.65. The number of nitrogens with one attached hydrogen (secondary N) is 1. The fourth-order valence-electron chi connectivity index (χ4n) is 4.38. The molecule has 4 aromatic rings. The molecule has 5 rings (SSSR count). The van der Waals surface area contributed by atoms with Crippen LogP contribution < -0.4 is 5.32 Å². The number of Topliss-reactive ketones (excluding diaryl/α,β-unsaturated/α-hetero) is 1. The third-order valence-corrected chi connectivity index (χ3v) is 6.14. The van der Waals surface area contributed by atoms with Gasteiger partial charge in [0.25, 0.3) is 0 Å². The minimum atomic E-state index is 0.0400. The zero-order valence-electron chi connectivity index (χ0n) is 18.1. The number of carbonyl (C=O) groups excluding carboxylic acids is 1. The topological polar surface area (TPSA) is 80.7 Å². The maximum absolute atomic E-state index is 12.9. The first-order valence-electron chi connectivity index (χ1n) is 10.6. The number of hydrogen-bond acceptors (Lipinski definition) is 6. The van der Waals surface area contributed by atoms with Gasteiger partial charge >= 0.3 is 0 Å². The van der Waals surface area contributed by atoms with Crippen molar-refractivity contribution >= 4 is 40.2 Å². The van der Waals surface area contributed by atoms with Gasteiger partial charge in [-0.3, -0.25) is 10.1 Å². The Morgan fingerprint density at radius 2 is 1.69 bits per heavy atom. The maximum Gasteiger partial charge on any atom is 0.230 e. The number of carbonyl (C=O) groups is 1. The number of hydrogen-bond donors (Lipinski definition) is 1. The third-order valence-electron chi connectivity index (χ3n) is 5.90. The lowest BCUT2D eigenvalue weighted by Gasteiger charge is -2.24. The molecule has 2 heterocycles. The average molecular weight is 444 g/mol. The van der Waals surface area contributed by atoms with Gasteiger partial charge in [0, 0.05) is 16.8 Å². The zero-order chi connectivity index (χ0) is 22.4. The first kappa shape index (κ1) is 20.5. The molecule has 2 aromatic heterocycles. The summed E-state index contributed by atoms with van der Waals surface area (Å²) >= 11 is 6.17. The maximum atomic E-state index is 12.9. The summed E-state index contributed by atoms with van der Waals surface area (Å²) in [6.45, 7) is 5.85. The van der Waals surface area contributed by atoms with Crippen LogP contribution >= 0.6 is 11.6 Å². The molecule has 1 unspecified atom stereocenters. The molecule has 7 heteroatoms. The molecule has 6 nitrogen and oxygen atoms in total. The summed E-state index contributed by atoms with van der Waals surface area (Å²) < 4.78 is 0. The second kappa shape index (κ2) is 7.95. The van der Waals surface area contributed by atoms with E-state index in [2.05, 4.69) is 31.3 Å². The van der Waals surface area contributed by atoms with E-state index in [1.54, 1.807) is 0 Å². The van der Waals surface area contributed by atoms with Crippen molar-refractivity contribution in [3.8, 4) is 0 Å². The summed E-state index contributed by atoms with van der Waals surface area (Å²) in [5.74, 6) is 0.935. The van der Waals surface area contributed by atoms with E-state index in [0.29, 0.717) is 41.0 Å². The van der Waals surface area contributed by atoms with Crippen molar-refractivity contribution < 1.29 is 4.79 Å².